The van der Waals surface area contributed by atoms with E-state index in [4.69, 9.17) is 4.74 Å². The number of hydrogen-bond acceptors (Lipinski definition) is 2. The number of hydrogen-bond donors (Lipinski definition) is 1. The van der Waals surface area contributed by atoms with E-state index in [1.54, 1.807) is 6.08 Å². The highest BCUT2D eigenvalue weighted by Gasteiger charge is 2.31. The van der Waals surface area contributed by atoms with Gasteiger partial charge in [0, 0.05) is 8.96 Å². The predicted molar refractivity (Wildman–Crippen MR) is 86.5 cm³/mol. The second kappa shape index (κ2) is 5.69. The minimum absolute atomic E-state index is 0.259. The van der Waals surface area contributed by atoms with Crippen LogP contribution in [0.1, 0.15) is 6.42 Å². The van der Waals surface area contributed by atoms with E-state index in [9.17, 15) is 5.11 Å². The third kappa shape index (κ3) is 3.62. The quantitative estimate of drug-likeness (QED) is 0.517. The molecular weight excluding hydrogens is 496 g/mol. The van der Waals surface area contributed by atoms with Crippen LogP contribution in [-0.2, 0) is 0 Å². The summed E-state index contributed by atoms with van der Waals surface area (Å²) in [5, 5.41) is 9.67. The number of allylic oxidation sites excluding steroid dienone is 2. The van der Waals surface area contributed by atoms with E-state index in [0.29, 0.717) is 12.2 Å². The van der Waals surface area contributed by atoms with E-state index >= 15 is 0 Å². The average molecular weight is 504 g/mol. The van der Waals surface area contributed by atoms with E-state index in [2.05, 4.69) is 63.7 Å². The second-order valence-electron chi connectivity index (χ2n) is 3.80. The van der Waals surface area contributed by atoms with Gasteiger partial charge in [-0.05, 0) is 62.2 Å². The van der Waals surface area contributed by atoms with Crippen molar-refractivity contribution in [3.63, 3.8) is 0 Å². The predicted octanol–water partition coefficient (Wildman–Crippen LogP) is 5.81. The molecular formula is C12H8Br4O2. The van der Waals surface area contributed by atoms with E-state index < -0.39 is 4.51 Å². The average Bonchev–Trinajstić information content (AvgIpc) is 2.20. The fourth-order valence-corrected chi connectivity index (χ4v) is 4.34. The highest BCUT2D eigenvalue weighted by Crippen LogP contribution is 2.39. The van der Waals surface area contributed by atoms with Crippen molar-refractivity contribution in [2.24, 2.45) is 0 Å². The fraction of sp³-hybridized carbons (Fsp3) is 0.167. The molecule has 1 aliphatic rings. The molecule has 0 aromatic heterocycles. The normalized spacial score (nSPS) is 23.3. The summed E-state index contributed by atoms with van der Waals surface area (Å²) in [6.07, 6.45) is 3.88. The van der Waals surface area contributed by atoms with Crippen LogP contribution in [0.15, 0.2) is 49.5 Å². The van der Waals surface area contributed by atoms with Gasteiger partial charge in [-0.1, -0.05) is 31.9 Å². The number of rotatable bonds is 2. The lowest BCUT2D eigenvalue weighted by Crippen LogP contribution is -2.29. The fourth-order valence-electron chi connectivity index (χ4n) is 1.56. The van der Waals surface area contributed by atoms with Crippen molar-refractivity contribution >= 4 is 63.7 Å². The summed E-state index contributed by atoms with van der Waals surface area (Å²) >= 11 is 13.7. The molecule has 1 aromatic carbocycles. The number of halogens is 4. The highest BCUT2D eigenvalue weighted by atomic mass is 79.9. The van der Waals surface area contributed by atoms with Gasteiger partial charge >= 0.3 is 0 Å². The third-order valence-electron chi connectivity index (χ3n) is 2.25. The van der Waals surface area contributed by atoms with Crippen LogP contribution in [0.3, 0.4) is 0 Å². The molecule has 0 saturated carbocycles. The number of benzene rings is 1. The van der Waals surface area contributed by atoms with Crippen molar-refractivity contribution in [3.05, 3.63) is 49.5 Å². The Labute approximate surface area is 139 Å². The summed E-state index contributed by atoms with van der Waals surface area (Å²) in [7, 11) is 0. The smallest absolute Gasteiger partial charge is 0.190 e. The molecule has 0 radical (unpaired) electrons. The summed E-state index contributed by atoms with van der Waals surface area (Å²) < 4.78 is 7.74. The van der Waals surface area contributed by atoms with Crippen LogP contribution in [0.5, 0.6) is 5.75 Å². The van der Waals surface area contributed by atoms with Gasteiger partial charge < -0.3 is 9.84 Å². The molecule has 2 nitrogen and oxygen atoms in total. The van der Waals surface area contributed by atoms with Crippen molar-refractivity contribution < 1.29 is 9.84 Å². The first kappa shape index (κ1) is 14.6. The molecule has 1 atom stereocenters. The molecule has 1 unspecified atom stereocenters. The van der Waals surface area contributed by atoms with Crippen molar-refractivity contribution in [1.82, 2.24) is 0 Å². The summed E-state index contributed by atoms with van der Waals surface area (Å²) in [5.74, 6) is 0.954. The molecule has 0 spiro atoms. The standard InChI is InChI=1S/C12H8Br4O2/c13-7-1-2-11(10(15)4-7)18-12(16)5-8(14)3-9(17)6-12/h1-5,17H,6H2. The maximum atomic E-state index is 9.67. The molecule has 96 valence electrons. The first-order valence-electron chi connectivity index (χ1n) is 4.99. The van der Waals surface area contributed by atoms with Crippen molar-refractivity contribution in [2.45, 2.75) is 10.9 Å². The Hall–Kier alpha value is 0.220. The largest absolute Gasteiger partial charge is 0.512 e. The number of aliphatic hydroxyl groups excluding tert-OH is 1. The molecule has 0 saturated heterocycles. The zero-order valence-electron chi connectivity index (χ0n) is 8.96. The lowest BCUT2D eigenvalue weighted by atomic mass is 10.1. The Morgan fingerprint density at radius 3 is 2.56 bits per heavy atom. The lowest BCUT2D eigenvalue weighted by Gasteiger charge is -2.28. The molecule has 0 bridgehead atoms. The summed E-state index contributed by atoms with van der Waals surface area (Å²) in [6, 6.07) is 5.66. The molecule has 0 aliphatic heterocycles. The number of alkyl halides is 1. The molecule has 18 heavy (non-hydrogen) atoms. The molecule has 2 rings (SSSR count). The van der Waals surface area contributed by atoms with Crippen LogP contribution in [0.25, 0.3) is 0 Å². The van der Waals surface area contributed by atoms with Gasteiger partial charge in [0.05, 0.1) is 16.7 Å². The van der Waals surface area contributed by atoms with E-state index in [1.165, 1.54) is 0 Å². The van der Waals surface area contributed by atoms with Gasteiger partial charge in [-0.15, -0.1) is 0 Å². The Kier molecular flexibility index (Phi) is 4.62. The molecule has 0 fully saturated rings. The maximum Gasteiger partial charge on any atom is 0.190 e. The minimum Gasteiger partial charge on any atom is -0.512 e. The molecule has 0 amide bonds. The van der Waals surface area contributed by atoms with Crippen LogP contribution in [0, 0.1) is 0 Å². The molecule has 1 aliphatic carbocycles. The lowest BCUT2D eigenvalue weighted by molar-refractivity contribution is 0.197. The van der Waals surface area contributed by atoms with Crippen LogP contribution in [0.4, 0.5) is 0 Å². The van der Waals surface area contributed by atoms with Crippen LogP contribution < -0.4 is 4.74 Å². The van der Waals surface area contributed by atoms with Crippen LogP contribution in [0.2, 0.25) is 0 Å². The van der Waals surface area contributed by atoms with Gasteiger partial charge in [0.2, 0.25) is 0 Å². The van der Waals surface area contributed by atoms with Gasteiger partial charge in [0.1, 0.15) is 5.75 Å². The van der Waals surface area contributed by atoms with E-state index in [-0.39, 0.29) is 5.76 Å². The van der Waals surface area contributed by atoms with Crippen molar-refractivity contribution in [1.29, 1.82) is 0 Å². The molecule has 1 aromatic rings. The van der Waals surface area contributed by atoms with Gasteiger partial charge in [0.25, 0.3) is 0 Å². The molecule has 6 heteroatoms. The van der Waals surface area contributed by atoms with Gasteiger partial charge in [0.15, 0.2) is 4.51 Å². The summed E-state index contributed by atoms with van der Waals surface area (Å²) in [6.45, 7) is 0. The Bertz CT molecular complexity index is 539. The van der Waals surface area contributed by atoms with Crippen LogP contribution in [-0.4, -0.2) is 9.62 Å². The number of aliphatic hydroxyl groups is 1. The third-order valence-corrected chi connectivity index (χ3v) is 4.50. The zero-order chi connectivity index (χ0) is 13.3. The monoisotopic (exact) mass is 500 g/mol. The van der Waals surface area contributed by atoms with Gasteiger partial charge in [-0.3, -0.25) is 0 Å². The SMILES string of the molecule is OC1=CC(Br)=CC(Br)(Oc2ccc(Br)cc2Br)C1. The van der Waals surface area contributed by atoms with Gasteiger partial charge in [-0.2, -0.15) is 0 Å². The zero-order valence-corrected chi connectivity index (χ0v) is 15.3. The first-order valence-corrected chi connectivity index (χ1v) is 8.16. The summed E-state index contributed by atoms with van der Waals surface area (Å²) in [5.41, 5.74) is 0. The van der Waals surface area contributed by atoms with E-state index in [1.807, 2.05) is 24.3 Å². The number of ether oxygens (including phenoxy) is 1. The topological polar surface area (TPSA) is 29.5 Å². The van der Waals surface area contributed by atoms with Crippen molar-refractivity contribution in [2.75, 3.05) is 0 Å². The highest BCUT2D eigenvalue weighted by molar-refractivity contribution is 9.12. The Balaban J connectivity index is 2.26. The van der Waals surface area contributed by atoms with E-state index in [0.717, 1.165) is 13.4 Å². The Morgan fingerprint density at radius 1 is 1.22 bits per heavy atom. The Morgan fingerprint density at radius 2 is 1.94 bits per heavy atom. The first-order chi connectivity index (χ1) is 8.38. The second-order valence-corrected chi connectivity index (χ2v) is 7.83. The summed E-state index contributed by atoms with van der Waals surface area (Å²) in [4.78, 5) is 0. The maximum absolute atomic E-state index is 9.67. The molecule has 1 N–H and O–H groups in total. The van der Waals surface area contributed by atoms with Crippen molar-refractivity contribution in [3.8, 4) is 5.75 Å². The van der Waals surface area contributed by atoms with Gasteiger partial charge in [-0.25, -0.2) is 0 Å². The molecule has 0 heterocycles. The minimum atomic E-state index is -0.749. The van der Waals surface area contributed by atoms with Crippen LogP contribution >= 0.6 is 63.7 Å².